The zero-order chi connectivity index (χ0) is 44.5. The first-order valence-electron chi connectivity index (χ1n) is 23.1. The van der Waals surface area contributed by atoms with Gasteiger partial charge in [0.05, 0.1) is 5.52 Å². The summed E-state index contributed by atoms with van der Waals surface area (Å²) in [7, 11) is 2.49. The molecule has 5 heteroatoms. The Labute approximate surface area is 385 Å². The molecule has 11 aromatic rings. The Balaban J connectivity index is 1.13. The average Bonchev–Trinajstić information content (AvgIpc) is 3.99. The molecule has 3 nitrogen and oxygen atoms in total. The van der Waals surface area contributed by atoms with Crippen LogP contribution in [0.4, 0.5) is 11.4 Å². The van der Waals surface area contributed by atoms with Gasteiger partial charge in [-0.15, -0.1) is 11.3 Å². The van der Waals surface area contributed by atoms with Gasteiger partial charge in [0.2, 0.25) is 0 Å². The lowest BCUT2D eigenvalue weighted by Crippen LogP contribution is -2.38. The van der Waals surface area contributed by atoms with Gasteiger partial charge >= 0.3 is 0 Å². The first kappa shape index (κ1) is 38.9. The number of aromatic nitrogens is 1. The molecule has 4 heterocycles. The highest BCUT2D eigenvalue weighted by molar-refractivity contribution is 7.25. The molecule has 0 saturated carbocycles. The number of thiophene rings is 1. The van der Waals surface area contributed by atoms with Crippen molar-refractivity contribution in [1.29, 1.82) is 0 Å². The van der Waals surface area contributed by atoms with Gasteiger partial charge in [0.1, 0.15) is 11.2 Å². The predicted octanol–water partition coefficient (Wildman–Crippen LogP) is 15.6. The molecule has 0 saturated heterocycles. The van der Waals surface area contributed by atoms with Crippen LogP contribution in [-0.4, -0.2) is 11.8 Å². The van der Waals surface area contributed by atoms with Gasteiger partial charge in [-0.1, -0.05) is 134 Å². The van der Waals surface area contributed by atoms with Crippen LogP contribution >= 0.6 is 11.3 Å². The number of para-hydroxylation sites is 1. The van der Waals surface area contributed by atoms with Crippen LogP contribution in [0.1, 0.15) is 83.2 Å². The van der Waals surface area contributed by atoms with Gasteiger partial charge in [0.25, 0.3) is 0 Å². The highest BCUT2D eigenvalue weighted by atomic mass is 32.1. The van der Waals surface area contributed by atoms with Crippen LogP contribution in [0.5, 0.6) is 0 Å². The Bertz CT molecular complexity index is 3880. The molecule has 0 fully saturated rings. The van der Waals surface area contributed by atoms with Crippen molar-refractivity contribution < 1.29 is 4.42 Å². The van der Waals surface area contributed by atoms with E-state index in [2.05, 4.69) is 213 Å². The second-order valence-electron chi connectivity index (χ2n) is 21.4. The number of anilines is 2. The maximum atomic E-state index is 6.60. The highest BCUT2D eigenvalue weighted by Gasteiger charge is 2.38. The predicted molar refractivity (Wildman–Crippen MR) is 281 cm³/mol. The van der Waals surface area contributed by atoms with Gasteiger partial charge in [-0.2, -0.15) is 0 Å². The number of hydrogen-bond donors (Lipinski definition) is 1. The molecule has 0 bridgehead atoms. The van der Waals surface area contributed by atoms with E-state index in [9.17, 15) is 0 Å². The third-order valence-corrected chi connectivity index (χ3v) is 16.0. The summed E-state index contributed by atoms with van der Waals surface area (Å²) in [5, 5.41) is 11.4. The van der Waals surface area contributed by atoms with Gasteiger partial charge in [0.15, 0.2) is 7.28 Å². The molecule has 8 aromatic carbocycles. The normalized spacial score (nSPS) is 14.2. The van der Waals surface area contributed by atoms with Crippen LogP contribution < -0.4 is 16.2 Å². The van der Waals surface area contributed by atoms with Crippen LogP contribution in [0.25, 0.3) is 91.9 Å². The SMILES string of the molecule is Cc1cc(-c2cc3c(cc2Nc2ccc(C(C)(C)C)cc2)sc2ccc(C(C)(C)C)cc23)c2c3c1c1cc4oc5ccccc5c4cc1n3-c1cc3c(cc1[B]2)-c1ccccc1C3(C)C. The molecule has 0 amide bonds. The van der Waals surface area contributed by atoms with E-state index in [1.54, 1.807) is 0 Å². The monoisotopic (exact) mass is 857 g/mol. The number of rotatable bonds is 3. The van der Waals surface area contributed by atoms with Crippen LogP contribution in [0.15, 0.2) is 138 Å². The zero-order valence-electron chi connectivity index (χ0n) is 38.5. The topological polar surface area (TPSA) is 30.1 Å². The van der Waals surface area contributed by atoms with Crippen molar-refractivity contribution in [2.75, 3.05) is 5.32 Å². The summed E-state index contributed by atoms with van der Waals surface area (Å²) in [6.07, 6.45) is 0. The Kier molecular flexibility index (Phi) is 7.80. The van der Waals surface area contributed by atoms with E-state index in [1.807, 2.05) is 11.3 Å². The second kappa shape index (κ2) is 13.0. The zero-order valence-corrected chi connectivity index (χ0v) is 39.4. The molecule has 0 atom stereocenters. The molecular weight excluding hydrogens is 808 g/mol. The third-order valence-electron chi connectivity index (χ3n) is 14.8. The van der Waals surface area contributed by atoms with Gasteiger partial charge < -0.3 is 14.3 Å². The Morgan fingerprint density at radius 1 is 0.585 bits per heavy atom. The van der Waals surface area contributed by atoms with E-state index in [-0.39, 0.29) is 16.2 Å². The lowest BCUT2D eigenvalue weighted by atomic mass is 9.58. The molecule has 0 unspecified atom stereocenters. The number of benzene rings is 8. The number of aryl methyl sites for hydroxylation is 1. The van der Waals surface area contributed by atoms with Crippen molar-refractivity contribution >= 4 is 105 Å². The molecule has 0 spiro atoms. The van der Waals surface area contributed by atoms with Crippen molar-refractivity contribution in [1.82, 2.24) is 4.57 Å². The molecule has 1 N–H and O–H groups in total. The maximum Gasteiger partial charge on any atom is 0.197 e. The minimum atomic E-state index is -0.133. The van der Waals surface area contributed by atoms with Crippen molar-refractivity contribution in [2.45, 2.75) is 78.6 Å². The minimum absolute atomic E-state index is 0.0390. The van der Waals surface area contributed by atoms with E-state index in [0.717, 1.165) is 33.3 Å². The van der Waals surface area contributed by atoms with E-state index in [0.29, 0.717) is 0 Å². The van der Waals surface area contributed by atoms with Crippen LogP contribution in [0, 0.1) is 6.92 Å². The number of nitrogens with zero attached hydrogens (tertiary/aromatic N) is 1. The third kappa shape index (κ3) is 5.55. The molecule has 65 heavy (non-hydrogen) atoms. The van der Waals surface area contributed by atoms with Crippen molar-refractivity contribution in [3.05, 3.63) is 161 Å². The summed E-state index contributed by atoms with van der Waals surface area (Å²) in [6.45, 7) is 20.8. The minimum Gasteiger partial charge on any atom is -0.456 e. The molecule has 3 aromatic heterocycles. The fraction of sp³-hybridized carbons (Fsp3) is 0.200. The Hall–Kier alpha value is -6.56. The molecule has 1 aliphatic heterocycles. The molecule has 315 valence electrons. The standard InChI is InChI=1S/C60H50BN2OS/c1-32-24-43(39-26-42-41-25-34(59(5,6)7)20-23-53(41)65-54(42)31-48(39)62-35-21-18-33(19-22-35)58(2,3)4)56-57-55(32)44-29-52-40(37-15-11-13-17-51(37)64-52)28-49(44)63(57)50-30-46-38(27-47(50)61-56)36-14-10-12-16-45(36)60(46,8)9/h10-31,62H,1-9H3. The molecule has 13 rings (SSSR count). The van der Waals surface area contributed by atoms with Gasteiger partial charge in [0, 0.05) is 75.3 Å². The van der Waals surface area contributed by atoms with Gasteiger partial charge in [-0.25, -0.2) is 0 Å². The quantitative estimate of drug-likeness (QED) is 0.179. The van der Waals surface area contributed by atoms with Gasteiger partial charge in [-0.05, 0) is 128 Å². The maximum absolute atomic E-state index is 6.60. The second-order valence-corrected chi connectivity index (χ2v) is 22.4. The van der Waals surface area contributed by atoms with E-state index in [1.165, 1.54) is 109 Å². The first-order chi connectivity index (χ1) is 31.1. The molecule has 1 aliphatic carbocycles. The summed E-state index contributed by atoms with van der Waals surface area (Å²) >= 11 is 1.89. The largest absolute Gasteiger partial charge is 0.456 e. The van der Waals surface area contributed by atoms with Crippen molar-refractivity contribution in [3.8, 4) is 27.9 Å². The summed E-state index contributed by atoms with van der Waals surface area (Å²) in [5.74, 6) is 0. The van der Waals surface area contributed by atoms with Crippen molar-refractivity contribution in [3.63, 3.8) is 0 Å². The fourth-order valence-electron chi connectivity index (χ4n) is 11.3. The lowest BCUT2D eigenvalue weighted by molar-refractivity contribution is 0.590. The summed E-state index contributed by atoms with van der Waals surface area (Å²) in [6, 6.07) is 50.6. The number of fused-ring (bicyclic) bond motifs is 14. The van der Waals surface area contributed by atoms with E-state index in [4.69, 9.17) is 4.42 Å². The molecule has 2 aliphatic rings. The number of hydrogen-bond acceptors (Lipinski definition) is 3. The average molecular weight is 858 g/mol. The highest BCUT2D eigenvalue weighted by Crippen LogP contribution is 2.51. The van der Waals surface area contributed by atoms with Crippen molar-refractivity contribution in [2.24, 2.45) is 0 Å². The molecule has 1 radical (unpaired) electrons. The summed E-state index contributed by atoms with van der Waals surface area (Å²) < 4.78 is 11.8. The summed E-state index contributed by atoms with van der Waals surface area (Å²) in [5.41, 5.74) is 21.9. The fourth-order valence-corrected chi connectivity index (χ4v) is 12.4. The van der Waals surface area contributed by atoms with Crippen LogP contribution in [0.3, 0.4) is 0 Å². The smallest absolute Gasteiger partial charge is 0.197 e. The lowest BCUT2D eigenvalue weighted by Gasteiger charge is -2.27. The number of nitrogens with one attached hydrogen (secondary N) is 1. The van der Waals surface area contributed by atoms with E-state index >= 15 is 0 Å². The Morgan fingerprint density at radius 3 is 2.12 bits per heavy atom. The summed E-state index contributed by atoms with van der Waals surface area (Å²) in [4.78, 5) is 0. The van der Waals surface area contributed by atoms with E-state index < -0.39 is 0 Å². The van der Waals surface area contributed by atoms with Gasteiger partial charge in [-0.3, -0.25) is 0 Å². The Morgan fingerprint density at radius 2 is 1.32 bits per heavy atom. The van der Waals surface area contributed by atoms with Crippen LogP contribution in [-0.2, 0) is 16.2 Å². The number of furan rings is 1. The van der Waals surface area contributed by atoms with Crippen LogP contribution in [0.2, 0.25) is 0 Å². The molecular formula is C60H50BN2OS. The first-order valence-corrected chi connectivity index (χ1v) is 23.9.